The molecule has 2 heterocycles. The van der Waals surface area contributed by atoms with Gasteiger partial charge in [0.05, 0.1) is 0 Å². The summed E-state index contributed by atoms with van der Waals surface area (Å²) >= 11 is 0. The molecule has 3 N–H and O–H groups in total. The fraction of sp³-hybridized carbons (Fsp3) is 0.500. The lowest BCUT2D eigenvalue weighted by molar-refractivity contribution is 0.495. The van der Waals surface area contributed by atoms with Gasteiger partial charge in [-0.25, -0.2) is 18.1 Å². The maximum atomic E-state index is 12.4. The summed E-state index contributed by atoms with van der Waals surface area (Å²) in [5.74, 6) is 0.682. The maximum Gasteiger partial charge on any atom is 0.260 e. The van der Waals surface area contributed by atoms with Gasteiger partial charge in [-0.2, -0.15) is 0 Å². The molecule has 6 nitrogen and oxygen atoms in total. The first kappa shape index (κ1) is 14.3. The zero-order chi connectivity index (χ0) is 14.9. The van der Waals surface area contributed by atoms with Crippen LogP contribution in [0.1, 0.15) is 32.1 Å². The number of rotatable bonds is 5. The van der Waals surface area contributed by atoms with Crippen molar-refractivity contribution < 1.29 is 8.42 Å². The molecule has 1 saturated carbocycles. The number of nitrogens with zero attached hydrogens (tertiary/aromatic N) is 2. The molecule has 0 bridgehead atoms. The molecule has 1 aliphatic rings. The van der Waals surface area contributed by atoms with Gasteiger partial charge in [-0.3, -0.25) is 4.40 Å². The van der Waals surface area contributed by atoms with E-state index in [1.165, 1.54) is 30.1 Å². The lowest BCUT2D eigenvalue weighted by Crippen LogP contribution is -2.27. The van der Waals surface area contributed by atoms with Crippen LogP contribution in [0.5, 0.6) is 0 Å². The molecule has 21 heavy (non-hydrogen) atoms. The Kier molecular flexibility index (Phi) is 3.86. The topological polar surface area (TPSA) is 89.5 Å². The van der Waals surface area contributed by atoms with Crippen LogP contribution in [-0.2, 0) is 10.0 Å². The molecule has 0 atom stereocenters. The van der Waals surface area contributed by atoms with Crippen molar-refractivity contribution in [1.29, 1.82) is 0 Å². The summed E-state index contributed by atoms with van der Waals surface area (Å²) in [6.45, 7) is 0.451. The average Bonchev–Trinajstić information content (AvgIpc) is 3.04. The lowest BCUT2D eigenvalue weighted by atomic mass is 10.1. The van der Waals surface area contributed by atoms with Gasteiger partial charge in [0.2, 0.25) is 0 Å². The molecule has 1 fully saturated rings. The van der Waals surface area contributed by atoms with E-state index in [2.05, 4.69) is 9.71 Å². The first-order valence-corrected chi connectivity index (χ1v) is 8.78. The highest BCUT2D eigenvalue weighted by Gasteiger charge is 2.24. The molecular formula is C14H20N4O2S. The Bertz CT molecular complexity index is 733. The van der Waals surface area contributed by atoms with Gasteiger partial charge in [-0.1, -0.05) is 31.7 Å². The van der Waals surface area contributed by atoms with Gasteiger partial charge in [-0.15, -0.1) is 0 Å². The van der Waals surface area contributed by atoms with Gasteiger partial charge in [0.25, 0.3) is 10.0 Å². The second-order valence-corrected chi connectivity index (χ2v) is 7.25. The van der Waals surface area contributed by atoms with Gasteiger partial charge >= 0.3 is 0 Å². The number of anilines is 1. The summed E-state index contributed by atoms with van der Waals surface area (Å²) in [6.07, 6.45) is 7.48. The molecule has 0 spiro atoms. The van der Waals surface area contributed by atoms with Crippen molar-refractivity contribution in [3.63, 3.8) is 0 Å². The predicted octanol–water partition coefficient (Wildman–Crippen LogP) is 1.78. The largest absolute Gasteiger partial charge is 0.381 e. The van der Waals surface area contributed by atoms with Gasteiger partial charge in [-0.05, 0) is 24.5 Å². The van der Waals surface area contributed by atoms with E-state index in [-0.39, 0.29) is 10.8 Å². The minimum absolute atomic E-state index is 0.0320. The third-order valence-corrected chi connectivity index (χ3v) is 5.58. The van der Waals surface area contributed by atoms with E-state index >= 15 is 0 Å². The average molecular weight is 308 g/mol. The van der Waals surface area contributed by atoms with Crippen molar-refractivity contribution in [2.24, 2.45) is 5.92 Å². The molecule has 0 amide bonds. The summed E-state index contributed by atoms with van der Waals surface area (Å²) < 4.78 is 29.1. The van der Waals surface area contributed by atoms with Crippen molar-refractivity contribution in [1.82, 2.24) is 14.1 Å². The molecule has 0 aromatic carbocycles. The van der Waals surface area contributed by atoms with Crippen molar-refractivity contribution >= 4 is 21.5 Å². The van der Waals surface area contributed by atoms with Crippen molar-refractivity contribution in [3.05, 3.63) is 24.4 Å². The van der Waals surface area contributed by atoms with Gasteiger partial charge < -0.3 is 5.73 Å². The van der Waals surface area contributed by atoms with Gasteiger partial charge in [0.15, 0.2) is 10.8 Å². The van der Waals surface area contributed by atoms with Crippen molar-refractivity contribution in [3.8, 4) is 0 Å². The predicted molar refractivity (Wildman–Crippen MR) is 81.4 cm³/mol. The van der Waals surface area contributed by atoms with E-state index in [4.69, 9.17) is 5.73 Å². The number of imidazole rings is 1. The quantitative estimate of drug-likeness (QED) is 0.881. The number of pyridine rings is 1. The molecule has 3 rings (SSSR count). The van der Waals surface area contributed by atoms with Crippen LogP contribution in [-0.4, -0.2) is 24.3 Å². The molecule has 0 unspecified atom stereocenters. The first-order valence-electron chi connectivity index (χ1n) is 7.30. The van der Waals surface area contributed by atoms with Gasteiger partial charge in [0.1, 0.15) is 5.65 Å². The molecule has 0 radical (unpaired) electrons. The smallest absolute Gasteiger partial charge is 0.260 e. The number of nitrogens with one attached hydrogen (secondary N) is 1. The van der Waals surface area contributed by atoms with Crippen LogP contribution in [0.3, 0.4) is 0 Å². The fourth-order valence-electron chi connectivity index (χ4n) is 3.02. The third kappa shape index (κ3) is 2.89. The van der Waals surface area contributed by atoms with Gasteiger partial charge in [0, 0.05) is 12.7 Å². The highest BCUT2D eigenvalue weighted by molar-refractivity contribution is 7.89. The standard InChI is InChI=1S/C14H20N4O2S/c15-13-14(18-10-4-3-7-12(18)17-13)21(19,20)16-9-8-11-5-1-2-6-11/h3-4,7,10-11,16H,1-2,5-6,8-9,15H2. The van der Waals surface area contributed by atoms with Crippen LogP contribution in [0, 0.1) is 5.92 Å². The monoisotopic (exact) mass is 308 g/mol. The highest BCUT2D eigenvalue weighted by Crippen LogP contribution is 2.27. The minimum Gasteiger partial charge on any atom is -0.381 e. The Morgan fingerprint density at radius 3 is 2.86 bits per heavy atom. The molecule has 7 heteroatoms. The van der Waals surface area contributed by atoms with Crippen LogP contribution in [0.25, 0.3) is 5.65 Å². The zero-order valence-electron chi connectivity index (χ0n) is 11.8. The van der Waals surface area contributed by atoms with E-state index in [1.807, 2.05) is 0 Å². The number of nitrogen functional groups attached to an aromatic ring is 1. The Balaban J connectivity index is 1.78. The summed E-state index contributed by atoms with van der Waals surface area (Å²) in [4.78, 5) is 4.09. The van der Waals surface area contributed by atoms with Crippen molar-refractivity contribution in [2.75, 3.05) is 12.3 Å². The molecule has 2 aromatic heterocycles. The Morgan fingerprint density at radius 1 is 1.33 bits per heavy atom. The van der Waals surface area contributed by atoms with E-state index in [0.29, 0.717) is 18.1 Å². The first-order chi connectivity index (χ1) is 10.1. The van der Waals surface area contributed by atoms with E-state index in [0.717, 1.165) is 6.42 Å². The Hall–Kier alpha value is -1.60. The number of nitrogens with two attached hydrogens (primary N) is 1. The van der Waals surface area contributed by atoms with E-state index in [1.54, 1.807) is 24.4 Å². The third-order valence-electron chi connectivity index (χ3n) is 4.09. The fourth-order valence-corrected chi connectivity index (χ4v) is 4.28. The van der Waals surface area contributed by atoms with Crippen LogP contribution >= 0.6 is 0 Å². The molecule has 114 valence electrons. The SMILES string of the molecule is Nc1nc2ccccn2c1S(=O)(=O)NCCC1CCCC1. The van der Waals surface area contributed by atoms with Crippen molar-refractivity contribution in [2.45, 2.75) is 37.1 Å². The number of hydrogen-bond acceptors (Lipinski definition) is 4. The summed E-state index contributed by atoms with van der Waals surface area (Å²) in [5.41, 5.74) is 6.32. The molecule has 0 aliphatic heterocycles. The summed E-state index contributed by atoms with van der Waals surface area (Å²) in [6, 6.07) is 5.28. The number of fused-ring (bicyclic) bond motifs is 1. The Morgan fingerprint density at radius 2 is 2.10 bits per heavy atom. The van der Waals surface area contributed by atoms with Crippen LogP contribution in [0.2, 0.25) is 0 Å². The Labute approximate surface area is 124 Å². The molecule has 2 aromatic rings. The summed E-state index contributed by atoms with van der Waals surface area (Å²) in [7, 11) is -3.64. The second kappa shape index (κ2) is 5.65. The highest BCUT2D eigenvalue weighted by atomic mass is 32.2. The maximum absolute atomic E-state index is 12.4. The molecule has 0 saturated heterocycles. The lowest BCUT2D eigenvalue weighted by Gasteiger charge is -2.10. The minimum atomic E-state index is -3.64. The van der Waals surface area contributed by atoms with E-state index in [9.17, 15) is 8.42 Å². The van der Waals surface area contributed by atoms with Crippen LogP contribution < -0.4 is 10.5 Å². The number of aromatic nitrogens is 2. The zero-order valence-corrected chi connectivity index (χ0v) is 12.6. The second-order valence-electron chi connectivity index (χ2n) is 5.57. The normalized spacial score (nSPS) is 16.8. The molecular weight excluding hydrogens is 288 g/mol. The number of hydrogen-bond donors (Lipinski definition) is 2. The van der Waals surface area contributed by atoms with Crippen LogP contribution in [0.4, 0.5) is 5.82 Å². The number of sulfonamides is 1. The molecule has 1 aliphatic carbocycles. The summed E-state index contributed by atoms with van der Waals surface area (Å²) in [5, 5.41) is 0.0320. The van der Waals surface area contributed by atoms with Crippen LogP contribution in [0.15, 0.2) is 29.4 Å². The van der Waals surface area contributed by atoms with E-state index < -0.39 is 10.0 Å².